The van der Waals surface area contributed by atoms with E-state index in [1.807, 2.05) is 113 Å². The van der Waals surface area contributed by atoms with Crippen molar-refractivity contribution in [3.8, 4) is 22.5 Å². The van der Waals surface area contributed by atoms with Gasteiger partial charge in [-0.05, 0) is 192 Å². The van der Waals surface area contributed by atoms with Gasteiger partial charge < -0.3 is 52.1 Å². The molecule has 8 aromatic rings. The van der Waals surface area contributed by atoms with Crippen LogP contribution in [0.5, 0.6) is 0 Å². The molecule has 0 aliphatic heterocycles. The maximum atomic E-state index is 13.0. The third-order valence-corrected chi connectivity index (χ3v) is 15.2. The maximum Gasteiger partial charge on any atom is 0.251 e. The molecule has 19 nitrogen and oxygen atoms in total. The molecule has 1 unspecified atom stereocenters. The molecule has 2 fully saturated rings. The normalized spacial score (nSPS) is 16.4. The second-order valence-electron chi connectivity index (χ2n) is 22.5. The van der Waals surface area contributed by atoms with Crippen LogP contribution in [0.25, 0.3) is 44.3 Å². The summed E-state index contributed by atoms with van der Waals surface area (Å²) in [6, 6.07) is 30.5. The molecule has 0 spiro atoms. The van der Waals surface area contributed by atoms with E-state index < -0.39 is 0 Å². The highest BCUT2D eigenvalue weighted by Gasteiger charge is 2.27. The van der Waals surface area contributed by atoms with E-state index in [4.69, 9.17) is 50.5 Å². The van der Waals surface area contributed by atoms with Gasteiger partial charge in [0.05, 0.1) is 33.8 Å². The van der Waals surface area contributed by atoms with Crippen LogP contribution in [0.2, 0.25) is 10.0 Å². The average molecular weight is 1260 g/mol. The molecule has 87 heavy (non-hydrogen) atoms. The Bertz CT molecular complexity index is 3510. The predicted octanol–water partition coefficient (Wildman–Crippen LogP) is 12.2. The molecule has 23 heteroatoms. The number of carbonyl (C=O) groups is 4. The van der Waals surface area contributed by atoms with E-state index in [9.17, 15) is 19.2 Å². The first kappa shape index (κ1) is 67.3. The van der Waals surface area contributed by atoms with Gasteiger partial charge in [0.1, 0.15) is 0 Å². The van der Waals surface area contributed by atoms with Gasteiger partial charge in [-0.25, -0.2) is 19.9 Å². The Kier molecular flexibility index (Phi) is 26.1. The van der Waals surface area contributed by atoms with E-state index in [2.05, 4.69) is 60.8 Å². The fraction of sp³-hybridized carbons (Fsp3) is 0.375. The van der Waals surface area contributed by atoms with Crippen molar-refractivity contribution in [2.45, 2.75) is 101 Å². The molecule has 3 amide bonds. The zero-order chi connectivity index (χ0) is 62.4. The van der Waals surface area contributed by atoms with Crippen LogP contribution < -0.4 is 32.3 Å². The van der Waals surface area contributed by atoms with Crippen molar-refractivity contribution < 1.29 is 19.2 Å². The number of fused-ring (bicyclic) bond motifs is 2. The number of aromatic nitrogens is 6. The maximum absolute atomic E-state index is 13.0. The zero-order valence-corrected chi connectivity index (χ0v) is 53.7. The van der Waals surface area contributed by atoms with Gasteiger partial charge in [0, 0.05) is 105 Å². The van der Waals surface area contributed by atoms with Crippen molar-refractivity contribution in [2.75, 3.05) is 77.1 Å². The number of nitrogens with zero attached hydrogens (tertiary/aromatic N) is 7. The van der Waals surface area contributed by atoms with Crippen LogP contribution in [-0.2, 0) is 9.59 Å². The van der Waals surface area contributed by atoms with Crippen molar-refractivity contribution in [3.05, 3.63) is 143 Å². The van der Waals surface area contributed by atoms with E-state index in [0.29, 0.717) is 68.7 Å². The summed E-state index contributed by atoms with van der Waals surface area (Å²) in [4.78, 5) is 76.8. The highest BCUT2D eigenvalue weighted by atomic mass is 35.5. The summed E-state index contributed by atoms with van der Waals surface area (Å²) in [6.07, 6.45) is 17.1. The van der Waals surface area contributed by atoms with Gasteiger partial charge in [0.2, 0.25) is 23.0 Å². The third-order valence-electron chi connectivity index (χ3n) is 14.5. The molecule has 2 aliphatic rings. The molecule has 4 heterocycles. The molecule has 2 aliphatic carbocycles. The smallest absolute Gasteiger partial charge is 0.251 e. The summed E-state index contributed by atoms with van der Waals surface area (Å²) in [5.74, 6) is 0.832. The number of para-hydroxylation sites is 2. The lowest BCUT2D eigenvalue weighted by Crippen LogP contribution is -2.42. The average Bonchev–Trinajstić information content (AvgIpc) is 1.95. The molecule has 0 radical (unpaired) electrons. The Morgan fingerprint density at radius 2 is 1.01 bits per heavy atom. The van der Waals surface area contributed by atoms with Crippen LogP contribution >= 0.6 is 44.2 Å². The molecular formula is C64H81Cl3N15O4P. The molecule has 462 valence electrons. The number of benzene rings is 4. The zero-order valence-electron chi connectivity index (χ0n) is 50.3. The van der Waals surface area contributed by atoms with E-state index in [1.54, 1.807) is 60.9 Å². The molecule has 2 saturated carbocycles. The van der Waals surface area contributed by atoms with Crippen molar-refractivity contribution in [1.82, 2.24) is 55.0 Å². The summed E-state index contributed by atoms with van der Waals surface area (Å²) in [7, 11) is 14.3. The Morgan fingerprint density at radius 3 is 1.45 bits per heavy atom. The first-order chi connectivity index (χ1) is 41.8. The summed E-state index contributed by atoms with van der Waals surface area (Å²) < 4.78 is 1.92. The van der Waals surface area contributed by atoms with Gasteiger partial charge >= 0.3 is 0 Å². The van der Waals surface area contributed by atoms with Crippen LogP contribution in [0.3, 0.4) is 0 Å². The minimum atomic E-state index is -0.239. The van der Waals surface area contributed by atoms with Gasteiger partial charge in [0.25, 0.3) is 11.8 Å². The lowest BCUT2D eigenvalue weighted by atomic mass is 9.91. The number of halogens is 3. The number of hydrogen-bond donors (Lipinski definition) is 8. The lowest BCUT2D eigenvalue weighted by molar-refractivity contribution is -0.116. The second kappa shape index (κ2) is 33.8. The van der Waals surface area contributed by atoms with Crippen molar-refractivity contribution >= 4 is 112 Å². The number of aromatic amines is 2. The van der Waals surface area contributed by atoms with Gasteiger partial charge in [-0.3, -0.25) is 23.8 Å². The predicted molar refractivity (Wildman–Crippen MR) is 359 cm³/mol. The number of hydrogen-bond acceptors (Lipinski definition) is 14. The van der Waals surface area contributed by atoms with Gasteiger partial charge in [-0.2, -0.15) is 0 Å². The summed E-state index contributed by atoms with van der Waals surface area (Å²) in [5.41, 5.74) is 13.5. The van der Waals surface area contributed by atoms with Crippen molar-refractivity contribution in [3.63, 3.8) is 0 Å². The fourth-order valence-electron chi connectivity index (χ4n) is 10.2. The van der Waals surface area contributed by atoms with E-state index >= 15 is 0 Å². The third kappa shape index (κ3) is 21.6. The fourth-order valence-corrected chi connectivity index (χ4v) is 10.8. The van der Waals surface area contributed by atoms with Crippen LogP contribution in [-0.4, -0.2) is 147 Å². The minimum Gasteiger partial charge on any atom is -0.399 e. The highest BCUT2D eigenvalue weighted by Crippen LogP contribution is 2.35. The quantitative estimate of drug-likeness (QED) is 0.0213. The topological polar surface area (TPSA) is 247 Å². The number of nitrogens with two attached hydrogens (primary N) is 1. The summed E-state index contributed by atoms with van der Waals surface area (Å²) >= 11 is 18.1. The molecular weight excluding hydrogens is 1180 g/mol. The first-order valence-corrected chi connectivity index (χ1v) is 30.9. The van der Waals surface area contributed by atoms with Gasteiger partial charge in [-0.1, -0.05) is 69.0 Å². The second-order valence-corrected chi connectivity index (χ2v) is 24.8. The molecule has 10 rings (SSSR count). The number of H-pyrrole nitrogens is 2. The summed E-state index contributed by atoms with van der Waals surface area (Å²) in [6.45, 7) is 1.79. The van der Waals surface area contributed by atoms with E-state index in [1.165, 1.54) is 0 Å². The van der Waals surface area contributed by atoms with Crippen LogP contribution in [0.15, 0.2) is 122 Å². The number of anilines is 4. The monoisotopic (exact) mass is 1260 g/mol. The van der Waals surface area contributed by atoms with E-state index in [-0.39, 0.29) is 47.1 Å². The molecule has 0 bridgehead atoms. The first-order valence-electron chi connectivity index (χ1n) is 29.3. The van der Waals surface area contributed by atoms with Crippen molar-refractivity contribution in [2.24, 2.45) is 0 Å². The van der Waals surface area contributed by atoms with Crippen molar-refractivity contribution in [1.29, 1.82) is 0 Å². The molecule has 5 atom stereocenters. The number of amides is 3. The number of rotatable bonds is 19. The van der Waals surface area contributed by atoms with Crippen LogP contribution in [0.4, 0.5) is 23.3 Å². The molecule has 4 aromatic heterocycles. The standard InChI is InChI=1S/C31H36ClN7O2.C25H25ClN6O.C6H12ClNO.C2H8NP/c1-39(2)16-6-11-28(40)35-21-14-12-20(13-15-21)30(41)36-22-7-5-8-23(17-22)37-31-34-19-26(32)29(38-31)25-18-33-27-10-4-3-9-24(25)27;26-21-14-29-25(32-23(21)20-13-28-22-7-2-1-6-19(20)22)31-18-5-3-4-17(12-18)30-24(33)15-8-10-16(27)11-9-15;1-8(2)5-3-4-6(7)9;1-3(2)4/h3-4,9-10,12-15,18-19,22-23,33H,5-8,11,16-17H2,1-2H3,(H,35,40)(H,36,41)(H,34,37,38);1-2,6-11,13-14,17-18,28H,3-5,12,27H2,(H,30,33)(H,29,31,32);3-5H2,1-2H3;4H2,1-2H3/t22-,23+;17-,18+;;/m00../s1. The Balaban J connectivity index is 0.000000210. The lowest BCUT2D eigenvalue weighted by Gasteiger charge is -2.30. The van der Waals surface area contributed by atoms with Gasteiger partial charge in [0.15, 0.2) is 0 Å². The number of nitrogen functional groups attached to an aromatic ring is 1. The van der Waals surface area contributed by atoms with Gasteiger partial charge in [-0.15, -0.1) is 0 Å². The Labute approximate surface area is 527 Å². The highest BCUT2D eigenvalue weighted by molar-refractivity contribution is 7.13. The molecule has 0 saturated heterocycles. The minimum absolute atomic E-state index is 0.0250. The van der Waals surface area contributed by atoms with Crippen LogP contribution in [0.1, 0.15) is 97.8 Å². The van der Waals surface area contributed by atoms with Crippen LogP contribution in [0, 0.1) is 0 Å². The molecule has 9 N–H and O–H groups in total. The van der Waals surface area contributed by atoms with E-state index in [0.717, 1.165) is 110 Å². The summed E-state index contributed by atoms with van der Waals surface area (Å²) in [5, 5.41) is 19.0. The number of carbonyl (C=O) groups excluding carboxylic acids is 4. The largest absolute Gasteiger partial charge is 0.399 e. The number of nitrogens with one attached hydrogen (secondary N) is 7. The Hall–Kier alpha value is -7.22. The Morgan fingerprint density at radius 1 is 0.598 bits per heavy atom. The molecule has 4 aromatic carbocycles. The SMILES string of the molecule is CN(C)CCCC(=O)Cl.CN(C)CCCC(=O)Nc1ccc(C(=O)N[C@H]2CCC[C@@H](Nc3ncc(Cl)c(-c4c[nH]c5ccccc45)n3)C2)cc1.CN(C)P.Nc1ccc(C(=O)N[C@H]2CCC[C@@H](Nc3ncc(Cl)c(-c4c[nH]c5ccccc45)n3)C2)cc1.